The van der Waals surface area contributed by atoms with Gasteiger partial charge in [-0.25, -0.2) is 0 Å². The fourth-order valence-electron chi connectivity index (χ4n) is 2.37. The molecule has 0 aliphatic heterocycles. The Kier molecular flexibility index (Phi) is 5.16. The Morgan fingerprint density at radius 3 is 2.48 bits per heavy atom. The standard InChI is InChI=1S/C17H21N3O3/c1-11-7-12(2)9-14(8-11)18-16(21)10-17(22)20(4)13(3)15-5-6-23-19-15/h5-9,13H,10H2,1-4H3,(H,18,21)/t13-/m1/s1. The molecule has 0 aliphatic carbocycles. The van der Waals surface area contributed by atoms with Crippen LogP contribution in [0.1, 0.15) is 36.2 Å². The quantitative estimate of drug-likeness (QED) is 0.861. The molecule has 2 amide bonds. The lowest BCUT2D eigenvalue weighted by Gasteiger charge is -2.23. The molecule has 2 rings (SSSR count). The van der Waals surface area contributed by atoms with Crippen LogP contribution in [0.15, 0.2) is 35.1 Å². The maximum Gasteiger partial charge on any atom is 0.233 e. The van der Waals surface area contributed by atoms with E-state index in [2.05, 4.69) is 10.5 Å². The molecule has 6 nitrogen and oxygen atoms in total. The maximum absolute atomic E-state index is 12.2. The van der Waals surface area contributed by atoms with Crippen LogP contribution < -0.4 is 5.32 Å². The van der Waals surface area contributed by atoms with Crippen LogP contribution in [0.2, 0.25) is 0 Å². The molecule has 0 spiro atoms. The third-order valence-corrected chi connectivity index (χ3v) is 3.68. The molecule has 0 fully saturated rings. The molecule has 0 aliphatic rings. The van der Waals surface area contributed by atoms with Crippen molar-refractivity contribution in [2.75, 3.05) is 12.4 Å². The van der Waals surface area contributed by atoms with Crippen molar-refractivity contribution in [3.63, 3.8) is 0 Å². The largest absolute Gasteiger partial charge is 0.364 e. The number of nitrogens with one attached hydrogen (secondary N) is 1. The highest BCUT2D eigenvalue weighted by molar-refractivity contribution is 6.03. The Balaban J connectivity index is 1.95. The summed E-state index contributed by atoms with van der Waals surface area (Å²) < 4.78 is 4.78. The average Bonchev–Trinajstić information content (AvgIpc) is 2.98. The lowest BCUT2D eigenvalue weighted by molar-refractivity contribution is -0.135. The van der Waals surface area contributed by atoms with Crippen molar-refractivity contribution in [3.8, 4) is 0 Å². The number of amides is 2. The molecule has 1 heterocycles. The molecule has 1 aromatic heterocycles. The minimum absolute atomic E-state index is 0.217. The zero-order valence-electron chi connectivity index (χ0n) is 13.8. The third-order valence-electron chi connectivity index (χ3n) is 3.68. The SMILES string of the molecule is Cc1cc(C)cc(NC(=O)CC(=O)N(C)[C@H](C)c2ccon2)c1. The van der Waals surface area contributed by atoms with Crippen molar-refractivity contribution in [1.29, 1.82) is 0 Å². The van der Waals surface area contributed by atoms with E-state index < -0.39 is 0 Å². The lowest BCUT2D eigenvalue weighted by atomic mass is 10.1. The third kappa shape index (κ3) is 4.42. The van der Waals surface area contributed by atoms with Crippen LogP contribution in [-0.4, -0.2) is 28.9 Å². The van der Waals surface area contributed by atoms with Gasteiger partial charge in [-0.3, -0.25) is 9.59 Å². The minimum Gasteiger partial charge on any atom is -0.364 e. The van der Waals surface area contributed by atoms with E-state index in [0.717, 1.165) is 11.1 Å². The van der Waals surface area contributed by atoms with E-state index in [1.165, 1.54) is 11.2 Å². The average molecular weight is 315 g/mol. The number of hydrogen-bond acceptors (Lipinski definition) is 4. The predicted molar refractivity (Wildman–Crippen MR) is 86.9 cm³/mol. The van der Waals surface area contributed by atoms with Gasteiger partial charge in [-0.2, -0.15) is 0 Å². The van der Waals surface area contributed by atoms with E-state index in [1.54, 1.807) is 13.1 Å². The molecule has 1 N–H and O–H groups in total. The Morgan fingerprint density at radius 2 is 1.91 bits per heavy atom. The van der Waals surface area contributed by atoms with Crippen LogP contribution in [0.4, 0.5) is 5.69 Å². The van der Waals surface area contributed by atoms with Gasteiger partial charge < -0.3 is 14.7 Å². The van der Waals surface area contributed by atoms with Gasteiger partial charge in [-0.15, -0.1) is 0 Å². The Labute approximate surface area is 135 Å². The normalized spacial score (nSPS) is 11.8. The van der Waals surface area contributed by atoms with Crippen LogP contribution in [0.25, 0.3) is 0 Å². The number of anilines is 1. The van der Waals surface area contributed by atoms with Gasteiger partial charge in [-0.05, 0) is 44.0 Å². The van der Waals surface area contributed by atoms with Crippen molar-refractivity contribution < 1.29 is 14.1 Å². The summed E-state index contributed by atoms with van der Waals surface area (Å²) in [5, 5.41) is 6.58. The fraction of sp³-hybridized carbons (Fsp3) is 0.353. The number of aromatic nitrogens is 1. The molecule has 0 unspecified atom stereocenters. The number of hydrogen-bond donors (Lipinski definition) is 1. The molecule has 0 saturated heterocycles. The lowest BCUT2D eigenvalue weighted by Crippen LogP contribution is -2.32. The summed E-state index contributed by atoms with van der Waals surface area (Å²) >= 11 is 0. The summed E-state index contributed by atoms with van der Waals surface area (Å²) in [6, 6.07) is 7.21. The van der Waals surface area contributed by atoms with Crippen molar-refractivity contribution in [2.45, 2.75) is 33.2 Å². The van der Waals surface area contributed by atoms with Gasteiger partial charge >= 0.3 is 0 Å². The highest BCUT2D eigenvalue weighted by Crippen LogP contribution is 2.18. The monoisotopic (exact) mass is 315 g/mol. The summed E-state index contributed by atoms with van der Waals surface area (Å²) in [6.45, 7) is 5.75. The fourth-order valence-corrected chi connectivity index (χ4v) is 2.37. The molecule has 0 saturated carbocycles. The smallest absolute Gasteiger partial charge is 0.233 e. The van der Waals surface area contributed by atoms with Crippen molar-refractivity contribution in [3.05, 3.63) is 47.3 Å². The van der Waals surface area contributed by atoms with Gasteiger partial charge in [-0.1, -0.05) is 11.2 Å². The van der Waals surface area contributed by atoms with Crippen molar-refractivity contribution in [2.24, 2.45) is 0 Å². The van der Waals surface area contributed by atoms with Gasteiger partial charge in [0, 0.05) is 18.8 Å². The predicted octanol–water partition coefficient (Wildman–Crippen LogP) is 2.84. The molecular formula is C17H21N3O3. The molecule has 1 aromatic carbocycles. The molecule has 0 bridgehead atoms. The summed E-state index contributed by atoms with van der Waals surface area (Å²) in [6.07, 6.45) is 1.24. The number of carbonyl (C=O) groups excluding carboxylic acids is 2. The first-order valence-corrected chi connectivity index (χ1v) is 7.41. The van der Waals surface area contributed by atoms with E-state index in [9.17, 15) is 9.59 Å². The summed E-state index contributed by atoms with van der Waals surface area (Å²) in [5.41, 5.74) is 3.47. The van der Waals surface area contributed by atoms with Gasteiger partial charge in [0.15, 0.2) is 0 Å². The first-order chi connectivity index (χ1) is 10.9. The number of rotatable bonds is 5. The van der Waals surface area contributed by atoms with E-state index >= 15 is 0 Å². The van der Waals surface area contributed by atoms with E-state index in [4.69, 9.17) is 4.52 Å². The van der Waals surface area contributed by atoms with Crippen LogP contribution in [0, 0.1) is 13.8 Å². The van der Waals surface area contributed by atoms with Crippen LogP contribution >= 0.6 is 0 Å². The zero-order chi connectivity index (χ0) is 17.0. The van der Waals surface area contributed by atoms with E-state index in [1.807, 2.05) is 39.0 Å². The molecule has 2 aromatic rings. The topological polar surface area (TPSA) is 75.4 Å². The number of benzene rings is 1. The van der Waals surface area contributed by atoms with Gasteiger partial charge in [0.25, 0.3) is 0 Å². The van der Waals surface area contributed by atoms with E-state index in [0.29, 0.717) is 11.4 Å². The van der Waals surface area contributed by atoms with E-state index in [-0.39, 0.29) is 24.3 Å². The molecule has 23 heavy (non-hydrogen) atoms. The number of aryl methyl sites for hydroxylation is 2. The second-order valence-electron chi connectivity index (χ2n) is 5.71. The van der Waals surface area contributed by atoms with Crippen LogP contribution in [0.5, 0.6) is 0 Å². The first-order valence-electron chi connectivity index (χ1n) is 7.41. The van der Waals surface area contributed by atoms with Gasteiger partial charge in [0.1, 0.15) is 18.4 Å². The van der Waals surface area contributed by atoms with Crippen LogP contribution in [0.3, 0.4) is 0 Å². The molecule has 0 radical (unpaired) electrons. The maximum atomic E-state index is 12.2. The molecule has 1 atom stereocenters. The Morgan fingerprint density at radius 1 is 1.26 bits per heavy atom. The Bertz CT molecular complexity index is 675. The molecular weight excluding hydrogens is 294 g/mol. The second kappa shape index (κ2) is 7.09. The summed E-state index contributed by atoms with van der Waals surface area (Å²) in [4.78, 5) is 25.8. The van der Waals surface area contributed by atoms with Gasteiger partial charge in [0.05, 0.1) is 6.04 Å². The van der Waals surface area contributed by atoms with Crippen molar-refractivity contribution in [1.82, 2.24) is 10.1 Å². The molecule has 122 valence electrons. The highest BCUT2D eigenvalue weighted by atomic mass is 16.5. The van der Waals surface area contributed by atoms with Crippen LogP contribution in [-0.2, 0) is 9.59 Å². The summed E-state index contributed by atoms with van der Waals surface area (Å²) in [5.74, 6) is -0.610. The van der Waals surface area contributed by atoms with Gasteiger partial charge in [0.2, 0.25) is 11.8 Å². The Hall–Kier alpha value is -2.63. The highest BCUT2D eigenvalue weighted by Gasteiger charge is 2.21. The first kappa shape index (κ1) is 16.7. The van der Waals surface area contributed by atoms with Crippen molar-refractivity contribution >= 4 is 17.5 Å². The minimum atomic E-state index is -0.334. The molecule has 6 heteroatoms. The zero-order valence-corrected chi connectivity index (χ0v) is 13.8. The second-order valence-corrected chi connectivity index (χ2v) is 5.71. The number of nitrogens with zero attached hydrogens (tertiary/aromatic N) is 2. The number of carbonyl (C=O) groups is 2. The summed E-state index contributed by atoms with van der Waals surface area (Å²) in [7, 11) is 1.64.